The molecule has 74 valence electrons. The number of aryl methyl sites for hydroxylation is 2. The molecule has 0 N–H and O–H groups in total. The lowest BCUT2D eigenvalue weighted by molar-refractivity contribution is 0.940. The van der Waals surface area contributed by atoms with Crippen molar-refractivity contribution in [1.82, 2.24) is 19.6 Å². The molecule has 0 unspecified atom stereocenters. The molecule has 0 atom stereocenters. The van der Waals surface area contributed by atoms with Gasteiger partial charge in [0.05, 0.1) is 11.7 Å². The zero-order valence-corrected chi connectivity index (χ0v) is 8.60. The standard InChI is InChI=1S/C11H10N4/c1-7-5-8(2)10-9(6-7)14-15-4-3-12-11(15)13-10/h3-6H,1-2H3. The van der Waals surface area contributed by atoms with Gasteiger partial charge in [-0.25, -0.2) is 14.5 Å². The number of nitrogens with zero attached hydrogens (tertiary/aromatic N) is 4. The molecule has 4 nitrogen and oxygen atoms in total. The first-order valence-corrected chi connectivity index (χ1v) is 4.82. The minimum absolute atomic E-state index is 0.648. The van der Waals surface area contributed by atoms with Gasteiger partial charge in [0.15, 0.2) is 0 Å². The van der Waals surface area contributed by atoms with Crippen molar-refractivity contribution in [2.75, 3.05) is 0 Å². The Morgan fingerprint density at radius 1 is 1.20 bits per heavy atom. The second kappa shape index (κ2) is 2.76. The number of rotatable bonds is 0. The van der Waals surface area contributed by atoms with Gasteiger partial charge in [-0.2, -0.15) is 5.10 Å². The number of imidazole rings is 1. The highest BCUT2D eigenvalue weighted by molar-refractivity contribution is 5.79. The number of benzene rings is 1. The van der Waals surface area contributed by atoms with Crippen LogP contribution in [-0.4, -0.2) is 19.6 Å². The average molecular weight is 198 g/mol. The zero-order chi connectivity index (χ0) is 10.4. The molecule has 0 saturated heterocycles. The number of hydrogen-bond donors (Lipinski definition) is 0. The lowest BCUT2D eigenvalue weighted by Crippen LogP contribution is -1.97. The molecule has 1 aromatic carbocycles. The van der Waals surface area contributed by atoms with Gasteiger partial charge in [-0.15, -0.1) is 0 Å². The van der Waals surface area contributed by atoms with Crippen molar-refractivity contribution in [3.8, 4) is 0 Å². The van der Waals surface area contributed by atoms with E-state index in [0.29, 0.717) is 5.78 Å². The van der Waals surface area contributed by atoms with Crippen molar-refractivity contribution in [1.29, 1.82) is 0 Å². The zero-order valence-electron chi connectivity index (χ0n) is 8.60. The van der Waals surface area contributed by atoms with Crippen LogP contribution < -0.4 is 0 Å². The van der Waals surface area contributed by atoms with Crippen LogP contribution in [0.15, 0.2) is 24.5 Å². The molecule has 0 amide bonds. The Morgan fingerprint density at radius 3 is 2.93 bits per heavy atom. The maximum Gasteiger partial charge on any atom is 0.251 e. The molecule has 4 heteroatoms. The average Bonchev–Trinajstić information content (AvgIpc) is 2.61. The Kier molecular flexibility index (Phi) is 1.54. The van der Waals surface area contributed by atoms with Gasteiger partial charge in [-0.05, 0) is 31.0 Å². The summed E-state index contributed by atoms with van der Waals surface area (Å²) in [5, 5.41) is 4.45. The quantitative estimate of drug-likeness (QED) is 0.554. The summed E-state index contributed by atoms with van der Waals surface area (Å²) < 4.78 is 1.70. The van der Waals surface area contributed by atoms with E-state index in [2.05, 4.69) is 28.1 Å². The van der Waals surface area contributed by atoms with Gasteiger partial charge in [0.1, 0.15) is 5.52 Å². The summed E-state index contributed by atoms with van der Waals surface area (Å²) in [6, 6.07) is 4.14. The topological polar surface area (TPSA) is 43.1 Å². The molecule has 0 fully saturated rings. The SMILES string of the molecule is Cc1cc(C)c2nc3nccn3nc2c1. The fourth-order valence-corrected chi connectivity index (χ4v) is 1.82. The Balaban J connectivity index is 2.54. The van der Waals surface area contributed by atoms with Crippen molar-refractivity contribution in [2.45, 2.75) is 13.8 Å². The summed E-state index contributed by atoms with van der Waals surface area (Å²) >= 11 is 0. The molecule has 0 aliphatic carbocycles. The molecule has 15 heavy (non-hydrogen) atoms. The smallest absolute Gasteiger partial charge is 0.218 e. The first-order chi connectivity index (χ1) is 7.24. The van der Waals surface area contributed by atoms with Crippen LogP contribution in [-0.2, 0) is 0 Å². The van der Waals surface area contributed by atoms with Gasteiger partial charge in [-0.3, -0.25) is 0 Å². The monoisotopic (exact) mass is 198 g/mol. The molecule has 0 saturated carbocycles. The van der Waals surface area contributed by atoms with E-state index in [4.69, 9.17) is 0 Å². The third-order valence-corrected chi connectivity index (χ3v) is 2.45. The Hall–Kier alpha value is -1.97. The van der Waals surface area contributed by atoms with Crippen LogP contribution in [0.1, 0.15) is 11.1 Å². The summed E-state index contributed by atoms with van der Waals surface area (Å²) in [4.78, 5) is 8.59. The van der Waals surface area contributed by atoms with E-state index in [1.165, 1.54) is 5.56 Å². The van der Waals surface area contributed by atoms with Gasteiger partial charge in [0, 0.05) is 6.20 Å². The molecule has 2 aromatic heterocycles. The molecule has 3 aromatic rings. The van der Waals surface area contributed by atoms with E-state index in [-0.39, 0.29) is 0 Å². The maximum absolute atomic E-state index is 4.47. The number of hydrogen-bond acceptors (Lipinski definition) is 3. The molecular formula is C11H10N4. The normalized spacial score (nSPS) is 11.3. The van der Waals surface area contributed by atoms with Gasteiger partial charge in [0.2, 0.25) is 0 Å². The third-order valence-electron chi connectivity index (χ3n) is 2.45. The van der Waals surface area contributed by atoms with Gasteiger partial charge < -0.3 is 0 Å². The van der Waals surface area contributed by atoms with Crippen LogP contribution in [0.5, 0.6) is 0 Å². The van der Waals surface area contributed by atoms with Crippen LogP contribution in [0.3, 0.4) is 0 Å². The van der Waals surface area contributed by atoms with Crippen LogP contribution in [0.25, 0.3) is 16.8 Å². The largest absolute Gasteiger partial charge is 0.251 e. The number of aromatic nitrogens is 4. The van der Waals surface area contributed by atoms with Gasteiger partial charge in [-0.1, -0.05) is 6.07 Å². The summed E-state index contributed by atoms with van der Waals surface area (Å²) in [6.07, 6.45) is 3.51. The molecule has 0 radical (unpaired) electrons. The molecule has 2 heterocycles. The first kappa shape index (κ1) is 8.35. The van der Waals surface area contributed by atoms with E-state index in [1.807, 2.05) is 13.0 Å². The van der Waals surface area contributed by atoms with Crippen molar-refractivity contribution in [3.63, 3.8) is 0 Å². The predicted octanol–water partition coefficient (Wildman–Crippen LogP) is 1.89. The maximum atomic E-state index is 4.47. The summed E-state index contributed by atoms with van der Waals surface area (Å²) in [6.45, 7) is 4.11. The molecular weight excluding hydrogens is 188 g/mol. The van der Waals surface area contributed by atoms with Crippen molar-refractivity contribution in [3.05, 3.63) is 35.7 Å². The lowest BCUT2D eigenvalue weighted by atomic mass is 10.1. The number of fused-ring (bicyclic) bond motifs is 2. The second-order valence-electron chi connectivity index (χ2n) is 3.73. The highest BCUT2D eigenvalue weighted by Gasteiger charge is 2.04. The van der Waals surface area contributed by atoms with Gasteiger partial charge >= 0.3 is 0 Å². The highest BCUT2D eigenvalue weighted by atomic mass is 15.3. The molecule has 3 rings (SSSR count). The lowest BCUT2D eigenvalue weighted by Gasteiger charge is -2.02. The van der Waals surface area contributed by atoms with Crippen LogP contribution in [0, 0.1) is 13.8 Å². The summed E-state index contributed by atoms with van der Waals surface area (Å²) in [7, 11) is 0. The minimum atomic E-state index is 0.648. The molecule has 0 bridgehead atoms. The summed E-state index contributed by atoms with van der Waals surface area (Å²) in [5.41, 5.74) is 4.19. The van der Waals surface area contributed by atoms with Crippen LogP contribution in [0.4, 0.5) is 0 Å². The van der Waals surface area contributed by atoms with Crippen molar-refractivity contribution >= 4 is 16.8 Å². The van der Waals surface area contributed by atoms with E-state index < -0.39 is 0 Å². The fraction of sp³-hybridized carbons (Fsp3) is 0.182. The van der Waals surface area contributed by atoms with Crippen molar-refractivity contribution in [2.24, 2.45) is 0 Å². The third kappa shape index (κ3) is 1.18. The molecule has 0 aliphatic heterocycles. The molecule has 0 spiro atoms. The van der Waals surface area contributed by atoms with Gasteiger partial charge in [0.25, 0.3) is 5.78 Å². The Labute approximate surface area is 86.6 Å². The van der Waals surface area contributed by atoms with E-state index >= 15 is 0 Å². The Bertz CT molecular complexity index is 654. The first-order valence-electron chi connectivity index (χ1n) is 4.82. The summed E-state index contributed by atoms with van der Waals surface area (Å²) in [5.74, 6) is 0.648. The predicted molar refractivity (Wildman–Crippen MR) is 57.8 cm³/mol. The fourth-order valence-electron chi connectivity index (χ4n) is 1.82. The highest BCUT2D eigenvalue weighted by Crippen LogP contribution is 2.16. The van der Waals surface area contributed by atoms with E-state index in [0.717, 1.165) is 16.6 Å². The molecule has 0 aliphatic rings. The second-order valence-corrected chi connectivity index (χ2v) is 3.73. The Morgan fingerprint density at radius 2 is 2.07 bits per heavy atom. The van der Waals surface area contributed by atoms with Crippen LogP contribution >= 0.6 is 0 Å². The van der Waals surface area contributed by atoms with E-state index in [1.54, 1.807) is 16.9 Å². The van der Waals surface area contributed by atoms with E-state index in [9.17, 15) is 0 Å². The van der Waals surface area contributed by atoms with Crippen LogP contribution in [0.2, 0.25) is 0 Å². The van der Waals surface area contributed by atoms with Crippen molar-refractivity contribution < 1.29 is 0 Å². The minimum Gasteiger partial charge on any atom is -0.218 e.